The summed E-state index contributed by atoms with van der Waals surface area (Å²) in [5.74, 6) is 1.56. The van der Waals surface area contributed by atoms with Crippen molar-refractivity contribution in [3.05, 3.63) is 11.6 Å². The van der Waals surface area contributed by atoms with Gasteiger partial charge in [0, 0.05) is 6.54 Å². The van der Waals surface area contributed by atoms with Crippen LogP contribution in [0.2, 0.25) is 0 Å². The second kappa shape index (κ2) is 9.86. The maximum Gasteiger partial charge on any atom is 0.118 e. The summed E-state index contributed by atoms with van der Waals surface area (Å²) in [7, 11) is 4.12. The third-order valence-corrected chi connectivity index (χ3v) is 10.7. The Balaban J connectivity index is 1.41. The van der Waals surface area contributed by atoms with Crippen molar-refractivity contribution in [1.82, 2.24) is 4.90 Å². The van der Waals surface area contributed by atoms with Crippen LogP contribution < -0.4 is 0 Å². The highest BCUT2D eigenvalue weighted by molar-refractivity contribution is 5.78. The lowest BCUT2D eigenvalue weighted by molar-refractivity contribution is -0.206. The van der Waals surface area contributed by atoms with Gasteiger partial charge in [-0.15, -0.1) is 0 Å². The summed E-state index contributed by atoms with van der Waals surface area (Å²) in [6, 6.07) is 0. The molecule has 194 valence electrons. The predicted molar refractivity (Wildman–Crippen MR) is 139 cm³/mol. The molecular formula is C29H50N2O3. The van der Waals surface area contributed by atoms with Gasteiger partial charge < -0.3 is 20.0 Å². The molecule has 0 aromatic rings. The molecule has 4 rings (SSSR count). The molecule has 0 aromatic carbocycles. The number of hydrogen-bond donors (Lipinski definition) is 2. The zero-order chi connectivity index (χ0) is 24.6. The van der Waals surface area contributed by atoms with E-state index in [-0.39, 0.29) is 10.8 Å². The number of aliphatic hydroxyl groups is 2. The summed E-state index contributed by atoms with van der Waals surface area (Å²) >= 11 is 0. The van der Waals surface area contributed by atoms with Crippen molar-refractivity contribution in [3.63, 3.8) is 0 Å². The lowest BCUT2D eigenvalue weighted by atomic mass is 9.43. The topological polar surface area (TPSA) is 65.3 Å². The van der Waals surface area contributed by atoms with Gasteiger partial charge in [0.25, 0.3) is 0 Å². The van der Waals surface area contributed by atoms with Gasteiger partial charge >= 0.3 is 0 Å². The Morgan fingerprint density at radius 2 is 1.82 bits per heavy atom. The van der Waals surface area contributed by atoms with Crippen LogP contribution in [0.5, 0.6) is 0 Å². The van der Waals surface area contributed by atoms with Crippen LogP contribution in [0, 0.1) is 28.6 Å². The fourth-order valence-electron chi connectivity index (χ4n) is 8.54. The zero-order valence-corrected chi connectivity index (χ0v) is 22.5. The van der Waals surface area contributed by atoms with Gasteiger partial charge in [-0.1, -0.05) is 25.9 Å². The molecule has 4 aliphatic rings. The molecule has 5 heteroatoms. The summed E-state index contributed by atoms with van der Waals surface area (Å²) in [5, 5.41) is 27.7. The minimum Gasteiger partial charge on any atom is -0.396 e. The van der Waals surface area contributed by atoms with Crippen molar-refractivity contribution in [2.24, 2.45) is 33.7 Å². The van der Waals surface area contributed by atoms with Crippen molar-refractivity contribution >= 4 is 6.21 Å². The van der Waals surface area contributed by atoms with E-state index in [1.165, 1.54) is 25.7 Å². The Hall–Kier alpha value is -0.910. The number of hydrogen-bond acceptors (Lipinski definition) is 5. The molecule has 0 saturated heterocycles. The largest absolute Gasteiger partial charge is 0.396 e. The Bertz CT molecular complexity index is 781. The van der Waals surface area contributed by atoms with E-state index in [1.807, 2.05) is 0 Å². The molecule has 7 atom stereocenters. The van der Waals surface area contributed by atoms with Crippen molar-refractivity contribution in [3.8, 4) is 0 Å². The summed E-state index contributed by atoms with van der Waals surface area (Å²) in [6.45, 7) is 8.57. The van der Waals surface area contributed by atoms with Crippen LogP contribution in [-0.2, 0) is 4.84 Å². The van der Waals surface area contributed by atoms with E-state index in [4.69, 9.17) is 4.84 Å². The van der Waals surface area contributed by atoms with Crippen LogP contribution in [0.4, 0.5) is 0 Å². The summed E-state index contributed by atoms with van der Waals surface area (Å²) in [5.41, 5.74) is 0.196. The first-order chi connectivity index (χ1) is 16.1. The third kappa shape index (κ3) is 4.74. The van der Waals surface area contributed by atoms with Gasteiger partial charge in [0.05, 0.1) is 17.4 Å². The minimum atomic E-state index is -0.757. The van der Waals surface area contributed by atoms with Gasteiger partial charge in [-0.3, -0.25) is 0 Å². The van der Waals surface area contributed by atoms with Crippen molar-refractivity contribution in [2.75, 3.05) is 27.2 Å². The molecule has 0 aromatic heterocycles. The fourth-order valence-corrected chi connectivity index (χ4v) is 8.54. The lowest BCUT2D eigenvalue weighted by Gasteiger charge is -2.63. The van der Waals surface area contributed by atoms with Gasteiger partial charge in [-0.2, -0.15) is 0 Å². The molecule has 0 aliphatic heterocycles. The highest BCUT2D eigenvalue weighted by Gasteiger charge is 2.65. The molecule has 0 radical (unpaired) electrons. The van der Waals surface area contributed by atoms with Gasteiger partial charge in [0.1, 0.15) is 6.61 Å². The molecule has 0 bridgehead atoms. The van der Waals surface area contributed by atoms with Crippen LogP contribution in [-0.4, -0.2) is 59.8 Å². The number of nitrogens with zero attached hydrogens (tertiary/aromatic N) is 2. The number of allylic oxidation sites excluding steroid dienone is 1. The molecule has 0 unspecified atom stereocenters. The number of rotatable bonds is 8. The zero-order valence-electron chi connectivity index (χ0n) is 22.5. The van der Waals surface area contributed by atoms with Crippen LogP contribution in [0.3, 0.4) is 0 Å². The first kappa shape index (κ1) is 26.2. The predicted octanol–water partition coefficient (Wildman–Crippen LogP) is 5.56. The maximum atomic E-state index is 11.9. The molecule has 5 nitrogen and oxygen atoms in total. The first-order valence-electron chi connectivity index (χ1n) is 14.0. The van der Waals surface area contributed by atoms with E-state index < -0.39 is 11.2 Å². The normalized spacial score (nSPS) is 44.7. The quantitative estimate of drug-likeness (QED) is 0.275. The Morgan fingerprint density at radius 3 is 2.56 bits per heavy atom. The first-order valence-corrected chi connectivity index (χ1v) is 14.0. The van der Waals surface area contributed by atoms with E-state index in [0.717, 1.165) is 63.5 Å². The van der Waals surface area contributed by atoms with Crippen molar-refractivity contribution < 1.29 is 15.1 Å². The highest BCUT2D eigenvalue weighted by atomic mass is 16.6. The van der Waals surface area contributed by atoms with E-state index in [9.17, 15) is 10.2 Å². The highest BCUT2D eigenvalue weighted by Crippen LogP contribution is 2.68. The minimum absolute atomic E-state index is 0.124. The number of fused-ring (bicyclic) bond motifs is 5. The molecular weight excluding hydrogens is 424 g/mol. The van der Waals surface area contributed by atoms with E-state index in [2.05, 4.69) is 51.0 Å². The molecule has 34 heavy (non-hydrogen) atoms. The fraction of sp³-hybridized carbons (Fsp3) is 0.897. The van der Waals surface area contributed by atoms with E-state index in [0.29, 0.717) is 24.4 Å². The second-order valence-electron chi connectivity index (χ2n) is 13.0. The Kier molecular flexibility index (Phi) is 7.59. The second-order valence-corrected chi connectivity index (χ2v) is 13.0. The van der Waals surface area contributed by atoms with Gasteiger partial charge in [0.2, 0.25) is 0 Å². The molecule has 0 amide bonds. The monoisotopic (exact) mass is 474 g/mol. The molecule has 4 saturated carbocycles. The van der Waals surface area contributed by atoms with Crippen molar-refractivity contribution in [2.45, 2.75) is 109 Å². The smallest absolute Gasteiger partial charge is 0.118 e. The van der Waals surface area contributed by atoms with Gasteiger partial charge in [0.15, 0.2) is 0 Å². The van der Waals surface area contributed by atoms with Crippen molar-refractivity contribution in [1.29, 1.82) is 0 Å². The van der Waals surface area contributed by atoms with Crippen LogP contribution in [0.15, 0.2) is 16.8 Å². The number of oxime groups is 1. The van der Waals surface area contributed by atoms with Gasteiger partial charge in [-0.25, -0.2) is 0 Å². The maximum absolute atomic E-state index is 11.9. The molecule has 2 N–H and O–H groups in total. The molecule has 0 heterocycles. The SMILES string of the molecule is CCC(C=NOCCCN(C)C)=C[C@]1(O)CC[C@@]2(C)[C@H](CC[C@@H]3[C@@H]2CC[C@]2(C)CCC[C@]32O)C1. The third-order valence-electron chi connectivity index (χ3n) is 10.7. The van der Waals surface area contributed by atoms with Crippen LogP contribution >= 0.6 is 0 Å². The summed E-state index contributed by atoms with van der Waals surface area (Å²) in [4.78, 5) is 7.59. The summed E-state index contributed by atoms with van der Waals surface area (Å²) in [6.07, 6.45) is 16.4. The van der Waals surface area contributed by atoms with Crippen LogP contribution in [0.1, 0.15) is 97.8 Å². The Labute approximate surface area is 208 Å². The standard InChI is InChI=1S/C29H50N2O3/c1-6-22(21-30-34-18-8-17-31(4)5)19-28(32)16-15-27(3)23(20-28)9-10-25-24(27)11-14-26(2)12-7-13-29(25,26)33/h19,21,23-25,32-33H,6-18,20H2,1-5H3/t23-,24+,25-,26+,27+,28-,29+/m1/s1. The summed E-state index contributed by atoms with van der Waals surface area (Å²) < 4.78 is 0. The van der Waals surface area contributed by atoms with Gasteiger partial charge in [-0.05, 0) is 131 Å². The van der Waals surface area contributed by atoms with E-state index in [1.54, 1.807) is 6.21 Å². The Morgan fingerprint density at radius 1 is 1.03 bits per heavy atom. The van der Waals surface area contributed by atoms with Crippen LogP contribution in [0.25, 0.3) is 0 Å². The average molecular weight is 475 g/mol. The molecule has 4 fully saturated rings. The molecule has 4 aliphatic carbocycles. The van der Waals surface area contributed by atoms with E-state index >= 15 is 0 Å². The lowest BCUT2D eigenvalue weighted by Crippen LogP contribution is -2.61. The average Bonchev–Trinajstić information content (AvgIpc) is 3.11. The molecule has 0 spiro atoms.